The molecule has 0 bridgehead atoms. The molecule has 188 valence electrons. The summed E-state index contributed by atoms with van der Waals surface area (Å²) in [4.78, 5) is 42.5. The van der Waals surface area contributed by atoms with Crippen LogP contribution in [0.4, 0.5) is 4.79 Å². The van der Waals surface area contributed by atoms with Gasteiger partial charge in [0.15, 0.2) is 0 Å². The Labute approximate surface area is 214 Å². The van der Waals surface area contributed by atoms with E-state index in [1.54, 1.807) is 24.4 Å². The maximum absolute atomic E-state index is 12.9. The Kier molecular flexibility index (Phi) is 8.44. The molecule has 0 radical (unpaired) electrons. The summed E-state index contributed by atoms with van der Waals surface area (Å²) < 4.78 is 10.6. The number of benzene rings is 3. The second-order valence-corrected chi connectivity index (χ2v) is 8.42. The highest BCUT2D eigenvalue weighted by molar-refractivity contribution is 5.98. The molecule has 3 aromatic carbocycles. The van der Waals surface area contributed by atoms with Gasteiger partial charge in [-0.1, -0.05) is 60.7 Å². The highest BCUT2D eigenvalue weighted by atomic mass is 16.6. The third kappa shape index (κ3) is 7.14. The minimum Gasteiger partial charge on any atom is -0.459 e. The van der Waals surface area contributed by atoms with E-state index in [0.29, 0.717) is 5.56 Å². The van der Waals surface area contributed by atoms with E-state index < -0.39 is 24.0 Å². The number of carbonyl (C=O) groups excluding carboxylic acids is 3. The molecule has 4 aromatic rings. The van der Waals surface area contributed by atoms with Crippen LogP contribution >= 0.6 is 0 Å². The van der Waals surface area contributed by atoms with Crippen molar-refractivity contribution in [2.24, 2.45) is 0 Å². The molecule has 0 aliphatic rings. The highest BCUT2D eigenvalue weighted by Crippen LogP contribution is 2.17. The van der Waals surface area contributed by atoms with E-state index in [2.05, 4.69) is 15.6 Å². The normalized spacial score (nSPS) is 11.4. The molecule has 37 heavy (non-hydrogen) atoms. The lowest BCUT2D eigenvalue weighted by Gasteiger charge is -2.18. The van der Waals surface area contributed by atoms with Gasteiger partial charge in [-0.2, -0.15) is 0 Å². The summed E-state index contributed by atoms with van der Waals surface area (Å²) in [7, 11) is 0. The first-order valence-corrected chi connectivity index (χ1v) is 11.8. The van der Waals surface area contributed by atoms with E-state index in [-0.39, 0.29) is 19.8 Å². The van der Waals surface area contributed by atoms with Gasteiger partial charge in [-0.3, -0.25) is 9.78 Å². The fourth-order valence-electron chi connectivity index (χ4n) is 3.65. The Bertz CT molecular complexity index is 1380. The van der Waals surface area contributed by atoms with Gasteiger partial charge in [0.05, 0.1) is 5.52 Å². The third-order valence-electron chi connectivity index (χ3n) is 5.70. The molecule has 0 unspecified atom stereocenters. The number of alkyl carbamates (subject to hydrolysis) is 1. The summed E-state index contributed by atoms with van der Waals surface area (Å²) in [5.41, 5.74) is 3.78. The minimum absolute atomic E-state index is 0.0296. The van der Waals surface area contributed by atoms with Gasteiger partial charge in [0, 0.05) is 23.7 Å². The molecule has 0 aliphatic heterocycles. The molecular weight excluding hydrogens is 470 g/mol. The molecule has 0 saturated heterocycles. The number of esters is 1. The Balaban J connectivity index is 1.41. The predicted octanol–water partition coefficient (Wildman–Crippen LogP) is 4.31. The quantitative estimate of drug-likeness (QED) is 0.334. The van der Waals surface area contributed by atoms with Crippen molar-refractivity contribution in [2.45, 2.75) is 26.2 Å². The number of amides is 2. The number of aryl methyl sites for hydroxylation is 1. The smallest absolute Gasteiger partial charge is 0.408 e. The lowest BCUT2D eigenvalue weighted by Crippen LogP contribution is -2.49. The van der Waals surface area contributed by atoms with Crippen LogP contribution in [0, 0.1) is 6.92 Å². The maximum atomic E-state index is 12.9. The van der Waals surface area contributed by atoms with Crippen LogP contribution in [-0.2, 0) is 27.5 Å². The van der Waals surface area contributed by atoms with Crippen LogP contribution in [0.3, 0.4) is 0 Å². The van der Waals surface area contributed by atoms with Crippen LogP contribution in [0.15, 0.2) is 91.1 Å². The van der Waals surface area contributed by atoms with Crippen molar-refractivity contribution in [3.63, 3.8) is 0 Å². The first-order chi connectivity index (χ1) is 18.0. The first kappa shape index (κ1) is 25.4. The molecule has 0 aliphatic carbocycles. The lowest BCUT2D eigenvalue weighted by atomic mass is 10.1. The van der Waals surface area contributed by atoms with Crippen molar-refractivity contribution < 1.29 is 23.9 Å². The Morgan fingerprint density at radius 1 is 0.838 bits per heavy atom. The van der Waals surface area contributed by atoms with E-state index in [1.165, 1.54) is 0 Å². The summed E-state index contributed by atoms with van der Waals surface area (Å²) in [6, 6.07) is 24.2. The molecule has 4 rings (SSSR count). The second kappa shape index (κ2) is 12.3. The van der Waals surface area contributed by atoms with Gasteiger partial charge in [-0.25, -0.2) is 9.59 Å². The van der Waals surface area contributed by atoms with Gasteiger partial charge < -0.3 is 20.1 Å². The summed E-state index contributed by atoms with van der Waals surface area (Å²) in [6.45, 7) is 1.82. The number of nitrogens with zero attached hydrogens (tertiary/aromatic N) is 1. The topological polar surface area (TPSA) is 107 Å². The maximum Gasteiger partial charge on any atom is 0.408 e. The van der Waals surface area contributed by atoms with E-state index in [1.807, 2.05) is 73.7 Å². The van der Waals surface area contributed by atoms with Gasteiger partial charge in [0.2, 0.25) is 0 Å². The Morgan fingerprint density at radius 2 is 1.49 bits per heavy atom. The van der Waals surface area contributed by atoms with Crippen LogP contribution in [0.25, 0.3) is 10.9 Å². The number of pyridine rings is 1. The summed E-state index contributed by atoms with van der Waals surface area (Å²) in [5.74, 6) is -1.09. The lowest BCUT2D eigenvalue weighted by molar-refractivity contribution is -0.147. The fraction of sp³-hybridized carbons (Fsp3) is 0.172. The van der Waals surface area contributed by atoms with E-state index in [4.69, 9.17) is 9.47 Å². The predicted molar refractivity (Wildman–Crippen MR) is 139 cm³/mol. The zero-order valence-corrected chi connectivity index (χ0v) is 20.3. The second-order valence-electron chi connectivity index (χ2n) is 8.42. The fourth-order valence-corrected chi connectivity index (χ4v) is 3.65. The van der Waals surface area contributed by atoms with Crippen LogP contribution in [0.2, 0.25) is 0 Å². The van der Waals surface area contributed by atoms with Gasteiger partial charge in [-0.05, 0) is 47.9 Å². The number of carbonyl (C=O) groups is 3. The van der Waals surface area contributed by atoms with Crippen LogP contribution in [0.1, 0.15) is 27.0 Å². The first-order valence-electron chi connectivity index (χ1n) is 11.8. The molecule has 1 aromatic heterocycles. The molecule has 1 atom stereocenters. The van der Waals surface area contributed by atoms with Crippen molar-refractivity contribution in [1.82, 2.24) is 15.6 Å². The van der Waals surface area contributed by atoms with Gasteiger partial charge in [-0.15, -0.1) is 0 Å². The van der Waals surface area contributed by atoms with Crippen LogP contribution < -0.4 is 10.6 Å². The summed E-state index contributed by atoms with van der Waals surface area (Å²) in [6.07, 6.45) is 0.915. The number of nitrogens with one attached hydrogen (secondary N) is 2. The van der Waals surface area contributed by atoms with Crippen molar-refractivity contribution >= 4 is 28.9 Å². The van der Waals surface area contributed by atoms with Crippen LogP contribution in [0.5, 0.6) is 0 Å². The molecule has 0 saturated carbocycles. The number of rotatable bonds is 9. The van der Waals surface area contributed by atoms with Crippen molar-refractivity contribution in [3.8, 4) is 0 Å². The SMILES string of the molecule is Cc1ccnc2ccc(C(=O)NC[C@@H](NC(=O)OCc3ccccc3)C(=O)OCc3ccccc3)cc12. The zero-order valence-electron chi connectivity index (χ0n) is 20.3. The number of hydrogen-bond donors (Lipinski definition) is 2. The minimum atomic E-state index is -1.15. The monoisotopic (exact) mass is 497 g/mol. The van der Waals surface area contributed by atoms with Crippen molar-refractivity contribution in [3.05, 3.63) is 113 Å². The van der Waals surface area contributed by atoms with Crippen molar-refractivity contribution in [1.29, 1.82) is 0 Å². The van der Waals surface area contributed by atoms with Crippen molar-refractivity contribution in [2.75, 3.05) is 6.54 Å². The average molecular weight is 498 g/mol. The van der Waals surface area contributed by atoms with E-state index in [0.717, 1.165) is 27.6 Å². The molecule has 0 spiro atoms. The molecule has 2 amide bonds. The molecule has 1 heterocycles. The van der Waals surface area contributed by atoms with Gasteiger partial charge in [0.25, 0.3) is 5.91 Å². The van der Waals surface area contributed by atoms with Crippen LogP contribution in [-0.4, -0.2) is 35.5 Å². The van der Waals surface area contributed by atoms with E-state index in [9.17, 15) is 14.4 Å². The summed E-state index contributed by atoms with van der Waals surface area (Å²) in [5, 5.41) is 6.08. The number of fused-ring (bicyclic) bond motifs is 1. The third-order valence-corrected chi connectivity index (χ3v) is 5.70. The Morgan fingerprint density at radius 3 is 2.16 bits per heavy atom. The molecule has 8 nitrogen and oxygen atoms in total. The molecule has 0 fully saturated rings. The largest absolute Gasteiger partial charge is 0.459 e. The average Bonchev–Trinajstić information content (AvgIpc) is 2.94. The van der Waals surface area contributed by atoms with Gasteiger partial charge in [0.1, 0.15) is 19.3 Å². The number of ether oxygens (including phenoxy) is 2. The highest BCUT2D eigenvalue weighted by Gasteiger charge is 2.24. The number of hydrogen-bond acceptors (Lipinski definition) is 6. The molecule has 2 N–H and O–H groups in total. The molecular formula is C29H27N3O5. The summed E-state index contributed by atoms with van der Waals surface area (Å²) >= 11 is 0. The van der Waals surface area contributed by atoms with E-state index >= 15 is 0 Å². The van der Waals surface area contributed by atoms with Gasteiger partial charge >= 0.3 is 12.1 Å². The standard InChI is InChI=1S/C29H27N3O5/c1-20-14-15-30-25-13-12-23(16-24(20)25)27(33)31-17-26(28(34)36-18-21-8-4-2-5-9-21)32-29(35)37-19-22-10-6-3-7-11-22/h2-16,26H,17-19H2,1H3,(H,31,33)(H,32,35)/t26-/m1/s1. The number of aromatic nitrogens is 1. The Hall–Kier alpha value is -4.72. The molecule has 8 heteroatoms. The zero-order chi connectivity index (χ0) is 26.0.